The van der Waals surface area contributed by atoms with Gasteiger partial charge in [-0.15, -0.1) is 0 Å². The van der Waals surface area contributed by atoms with Crippen LogP contribution in [0.2, 0.25) is 0 Å². The van der Waals surface area contributed by atoms with Gasteiger partial charge < -0.3 is 19.7 Å². The molecule has 82 valence electrons. The third-order valence-electron chi connectivity index (χ3n) is 2.41. The zero-order valence-electron chi connectivity index (χ0n) is 8.23. The summed E-state index contributed by atoms with van der Waals surface area (Å²) in [6, 6.07) is 0. The number of methoxy groups -OCH3 is 1. The third-order valence-corrected chi connectivity index (χ3v) is 2.41. The molecule has 0 aliphatic heterocycles. The van der Waals surface area contributed by atoms with Crippen molar-refractivity contribution in [1.29, 1.82) is 0 Å². The highest BCUT2D eigenvalue weighted by Crippen LogP contribution is 2.42. The van der Waals surface area contributed by atoms with E-state index in [0.717, 1.165) is 12.8 Å². The van der Waals surface area contributed by atoms with Crippen LogP contribution >= 0.6 is 0 Å². The van der Waals surface area contributed by atoms with Crippen molar-refractivity contribution in [2.24, 2.45) is 5.92 Å². The summed E-state index contributed by atoms with van der Waals surface area (Å²) in [5, 5.41) is 17.7. The van der Waals surface area contributed by atoms with E-state index in [-0.39, 0.29) is 25.7 Å². The third kappa shape index (κ3) is 2.23. The van der Waals surface area contributed by atoms with E-state index in [4.69, 9.17) is 19.7 Å². The average Bonchev–Trinajstić information content (AvgIpc) is 2.95. The highest BCUT2D eigenvalue weighted by molar-refractivity contribution is 5.78. The Morgan fingerprint density at radius 1 is 1.57 bits per heavy atom. The van der Waals surface area contributed by atoms with Crippen molar-refractivity contribution in [3.05, 3.63) is 0 Å². The van der Waals surface area contributed by atoms with Crippen LogP contribution in [0.4, 0.5) is 0 Å². The summed E-state index contributed by atoms with van der Waals surface area (Å²) >= 11 is 0. The Kier molecular flexibility index (Phi) is 3.86. The standard InChI is InChI=1S/C9H16O5/c1-13-6-9(8(11)12,7-2-3-7)14-5-4-10/h7,10H,2-6H2,1H3,(H,11,12). The lowest BCUT2D eigenvalue weighted by atomic mass is 9.99. The van der Waals surface area contributed by atoms with Crippen LogP contribution in [0.3, 0.4) is 0 Å². The Balaban J connectivity index is 2.67. The first kappa shape index (κ1) is 11.4. The molecule has 0 aromatic heterocycles. The molecule has 1 atom stereocenters. The van der Waals surface area contributed by atoms with Gasteiger partial charge in [0.1, 0.15) is 0 Å². The maximum atomic E-state index is 11.1. The summed E-state index contributed by atoms with van der Waals surface area (Å²) in [6.45, 7) is -0.107. The van der Waals surface area contributed by atoms with Crippen LogP contribution < -0.4 is 0 Å². The minimum atomic E-state index is -1.25. The quantitative estimate of drug-likeness (QED) is 0.604. The lowest BCUT2D eigenvalue weighted by Crippen LogP contribution is -2.48. The van der Waals surface area contributed by atoms with Crippen molar-refractivity contribution in [2.75, 3.05) is 26.9 Å². The fourth-order valence-corrected chi connectivity index (χ4v) is 1.57. The van der Waals surface area contributed by atoms with Gasteiger partial charge in [-0.25, -0.2) is 4.79 Å². The van der Waals surface area contributed by atoms with E-state index >= 15 is 0 Å². The van der Waals surface area contributed by atoms with Gasteiger partial charge in [-0.3, -0.25) is 0 Å². The second-order valence-corrected chi connectivity index (χ2v) is 3.47. The number of carboxylic acids is 1. The lowest BCUT2D eigenvalue weighted by molar-refractivity contribution is -0.179. The molecule has 1 fully saturated rings. The summed E-state index contributed by atoms with van der Waals surface area (Å²) < 4.78 is 10.1. The molecule has 5 heteroatoms. The summed E-state index contributed by atoms with van der Waals surface area (Å²) in [5.74, 6) is -0.984. The van der Waals surface area contributed by atoms with Crippen molar-refractivity contribution in [3.63, 3.8) is 0 Å². The molecule has 0 spiro atoms. The molecule has 2 N–H and O–H groups in total. The Hall–Kier alpha value is -0.650. The van der Waals surface area contributed by atoms with Crippen LogP contribution in [0.25, 0.3) is 0 Å². The first-order valence-corrected chi connectivity index (χ1v) is 4.64. The average molecular weight is 204 g/mol. The van der Waals surface area contributed by atoms with Crippen molar-refractivity contribution in [3.8, 4) is 0 Å². The number of rotatable bonds is 7. The molecule has 1 aliphatic rings. The van der Waals surface area contributed by atoms with Crippen LogP contribution in [0.1, 0.15) is 12.8 Å². The van der Waals surface area contributed by atoms with Crippen molar-refractivity contribution >= 4 is 5.97 Å². The summed E-state index contributed by atoms with van der Waals surface area (Å²) in [5.41, 5.74) is -1.25. The van der Waals surface area contributed by atoms with Gasteiger partial charge in [-0.2, -0.15) is 0 Å². The molecule has 0 bridgehead atoms. The molecule has 0 aromatic carbocycles. The Bertz CT molecular complexity index is 201. The predicted molar refractivity (Wildman–Crippen MR) is 48.0 cm³/mol. The summed E-state index contributed by atoms with van der Waals surface area (Å²) in [4.78, 5) is 11.1. The smallest absolute Gasteiger partial charge is 0.338 e. The lowest BCUT2D eigenvalue weighted by Gasteiger charge is -2.28. The van der Waals surface area contributed by atoms with Crippen molar-refractivity contribution in [2.45, 2.75) is 18.4 Å². The Morgan fingerprint density at radius 2 is 2.21 bits per heavy atom. The first-order valence-electron chi connectivity index (χ1n) is 4.64. The number of aliphatic carboxylic acids is 1. The van der Waals surface area contributed by atoms with Gasteiger partial charge in [0.15, 0.2) is 5.60 Å². The van der Waals surface area contributed by atoms with E-state index in [9.17, 15) is 4.79 Å². The Morgan fingerprint density at radius 3 is 2.57 bits per heavy atom. The van der Waals surface area contributed by atoms with Gasteiger partial charge in [-0.1, -0.05) is 0 Å². The molecule has 0 amide bonds. The predicted octanol–water partition coefficient (Wildman–Crippen LogP) is -0.125. The molecule has 0 saturated heterocycles. The number of aliphatic hydroxyl groups excluding tert-OH is 1. The number of ether oxygens (including phenoxy) is 2. The highest BCUT2D eigenvalue weighted by Gasteiger charge is 2.52. The summed E-state index contributed by atoms with van der Waals surface area (Å²) in [6.07, 6.45) is 1.70. The monoisotopic (exact) mass is 204 g/mol. The Labute approximate surface area is 82.6 Å². The van der Waals surface area contributed by atoms with E-state index in [0.29, 0.717) is 0 Å². The fraction of sp³-hybridized carbons (Fsp3) is 0.889. The number of carbonyl (C=O) groups is 1. The van der Waals surface area contributed by atoms with Gasteiger partial charge in [0, 0.05) is 13.0 Å². The van der Waals surface area contributed by atoms with Crippen LogP contribution in [0.5, 0.6) is 0 Å². The van der Waals surface area contributed by atoms with Crippen molar-refractivity contribution < 1.29 is 24.5 Å². The van der Waals surface area contributed by atoms with Gasteiger partial charge >= 0.3 is 5.97 Å². The van der Waals surface area contributed by atoms with Crippen LogP contribution in [-0.4, -0.2) is 48.7 Å². The molecule has 1 aliphatic carbocycles. The van der Waals surface area contributed by atoms with E-state index in [1.54, 1.807) is 0 Å². The molecule has 0 aromatic rings. The second kappa shape index (κ2) is 4.72. The van der Waals surface area contributed by atoms with Gasteiger partial charge in [0.05, 0.1) is 19.8 Å². The number of aliphatic hydroxyl groups is 1. The van der Waals surface area contributed by atoms with E-state index in [1.807, 2.05) is 0 Å². The van der Waals surface area contributed by atoms with E-state index < -0.39 is 11.6 Å². The molecular formula is C9H16O5. The largest absolute Gasteiger partial charge is 0.479 e. The fourth-order valence-electron chi connectivity index (χ4n) is 1.57. The van der Waals surface area contributed by atoms with Crippen LogP contribution in [0, 0.1) is 5.92 Å². The first-order chi connectivity index (χ1) is 6.67. The molecule has 1 unspecified atom stereocenters. The maximum Gasteiger partial charge on any atom is 0.338 e. The zero-order chi connectivity index (χ0) is 10.6. The topological polar surface area (TPSA) is 76.0 Å². The van der Waals surface area contributed by atoms with Crippen LogP contribution in [-0.2, 0) is 14.3 Å². The molecule has 0 heterocycles. The maximum absolute atomic E-state index is 11.1. The molecule has 5 nitrogen and oxygen atoms in total. The molecular weight excluding hydrogens is 188 g/mol. The minimum Gasteiger partial charge on any atom is -0.479 e. The highest BCUT2D eigenvalue weighted by atomic mass is 16.6. The molecule has 0 radical (unpaired) electrons. The number of hydrogen-bond donors (Lipinski definition) is 2. The molecule has 1 rings (SSSR count). The number of carboxylic acid groups (broad SMARTS) is 1. The summed E-state index contributed by atoms with van der Waals surface area (Å²) in [7, 11) is 1.45. The van der Waals surface area contributed by atoms with Crippen molar-refractivity contribution in [1.82, 2.24) is 0 Å². The molecule has 14 heavy (non-hydrogen) atoms. The van der Waals surface area contributed by atoms with Gasteiger partial charge in [-0.05, 0) is 12.8 Å². The molecule has 1 saturated carbocycles. The van der Waals surface area contributed by atoms with Gasteiger partial charge in [0.2, 0.25) is 0 Å². The second-order valence-electron chi connectivity index (χ2n) is 3.47. The number of hydrogen-bond acceptors (Lipinski definition) is 4. The van der Waals surface area contributed by atoms with E-state index in [1.165, 1.54) is 7.11 Å². The van der Waals surface area contributed by atoms with E-state index in [2.05, 4.69) is 0 Å². The SMILES string of the molecule is COCC(OCCO)(C(=O)O)C1CC1. The minimum absolute atomic E-state index is 0.0199. The van der Waals surface area contributed by atoms with Gasteiger partial charge in [0.25, 0.3) is 0 Å². The van der Waals surface area contributed by atoms with Crippen LogP contribution in [0.15, 0.2) is 0 Å². The zero-order valence-corrected chi connectivity index (χ0v) is 8.23. The normalized spacial score (nSPS) is 20.4.